The Kier molecular flexibility index (Phi) is 3.82. The van der Waals surface area contributed by atoms with E-state index in [1.165, 1.54) is 35.1 Å². The molecule has 0 saturated heterocycles. The van der Waals surface area contributed by atoms with Crippen LogP contribution in [0.25, 0.3) is 5.57 Å². The summed E-state index contributed by atoms with van der Waals surface area (Å²) in [5.74, 6) is 0.539. The number of pyridine rings is 1. The predicted octanol–water partition coefficient (Wildman–Crippen LogP) is 5.38. The maximum Gasteiger partial charge on any atom is 0.123 e. The highest BCUT2D eigenvalue weighted by molar-refractivity contribution is 5.80. The second kappa shape index (κ2) is 5.47. The lowest BCUT2D eigenvalue weighted by Crippen LogP contribution is -2.34. The van der Waals surface area contributed by atoms with E-state index in [9.17, 15) is 0 Å². The molecule has 0 atom stereocenters. The summed E-state index contributed by atoms with van der Waals surface area (Å²) in [4.78, 5) is 4.21. The van der Waals surface area contributed by atoms with Crippen LogP contribution in [0.5, 0.6) is 0 Å². The molecular weight excluding hydrogens is 292 g/mol. The molecule has 3 rings (SSSR count). The van der Waals surface area contributed by atoms with Crippen LogP contribution in [-0.2, 0) is 10.8 Å². The fourth-order valence-corrected chi connectivity index (χ4v) is 3.79. The standard InChI is InChI=1S/C22H28N2/c1-14-11-18-19(22(5,6)10-9-21(18,3)4)12-17(14)15(2)16-7-8-20(23)24-13-16/h7-8,11-13H,2,9-10H2,1,3-6H3,(H2,23,24). The quantitative estimate of drug-likeness (QED) is 0.806. The number of hydrogen-bond acceptors (Lipinski definition) is 2. The molecular formula is C22H28N2. The van der Waals surface area contributed by atoms with Gasteiger partial charge in [0.15, 0.2) is 0 Å². The first kappa shape index (κ1) is 16.8. The number of nitrogens with zero attached hydrogens (tertiary/aromatic N) is 1. The molecule has 2 aromatic rings. The lowest BCUT2D eigenvalue weighted by atomic mass is 9.62. The number of benzene rings is 1. The van der Waals surface area contributed by atoms with Crippen LogP contribution in [0.1, 0.15) is 68.4 Å². The summed E-state index contributed by atoms with van der Waals surface area (Å²) in [7, 11) is 0. The molecule has 1 aromatic carbocycles. The smallest absolute Gasteiger partial charge is 0.123 e. The predicted molar refractivity (Wildman–Crippen MR) is 103 cm³/mol. The maximum absolute atomic E-state index is 5.71. The van der Waals surface area contributed by atoms with Crippen molar-refractivity contribution in [1.82, 2.24) is 4.98 Å². The van der Waals surface area contributed by atoms with E-state index < -0.39 is 0 Å². The van der Waals surface area contributed by atoms with Gasteiger partial charge in [0.25, 0.3) is 0 Å². The van der Waals surface area contributed by atoms with Gasteiger partial charge in [-0.15, -0.1) is 0 Å². The third-order valence-corrected chi connectivity index (χ3v) is 5.66. The molecule has 1 aliphatic carbocycles. The van der Waals surface area contributed by atoms with E-state index in [0.717, 1.165) is 11.1 Å². The van der Waals surface area contributed by atoms with Gasteiger partial charge in [0.1, 0.15) is 5.82 Å². The minimum Gasteiger partial charge on any atom is -0.384 e. The Hall–Kier alpha value is -2.09. The fraction of sp³-hybridized carbons (Fsp3) is 0.409. The van der Waals surface area contributed by atoms with E-state index in [1.54, 1.807) is 0 Å². The van der Waals surface area contributed by atoms with Crippen molar-refractivity contribution < 1.29 is 0 Å². The monoisotopic (exact) mass is 320 g/mol. The first-order valence-corrected chi connectivity index (χ1v) is 8.69. The third kappa shape index (κ3) is 2.75. The van der Waals surface area contributed by atoms with Gasteiger partial charge in [-0.3, -0.25) is 0 Å². The SMILES string of the molecule is C=C(c1ccc(N)nc1)c1cc2c(cc1C)C(C)(C)CCC2(C)C. The van der Waals surface area contributed by atoms with Crippen LogP contribution in [0.4, 0.5) is 5.82 Å². The molecule has 1 heterocycles. The van der Waals surface area contributed by atoms with Crippen LogP contribution in [0.3, 0.4) is 0 Å². The van der Waals surface area contributed by atoms with Gasteiger partial charge < -0.3 is 5.73 Å². The molecule has 0 spiro atoms. The van der Waals surface area contributed by atoms with Crippen LogP contribution < -0.4 is 5.73 Å². The van der Waals surface area contributed by atoms with E-state index in [2.05, 4.69) is 58.3 Å². The van der Waals surface area contributed by atoms with Gasteiger partial charge in [0.05, 0.1) is 0 Å². The normalized spacial score (nSPS) is 18.0. The second-order valence-corrected chi connectivity index (χ2v) is 8.43. The molecule has 2 heteroatoms. The van der Waals surface area contributed by atoms with Gasteiger partial charge in [0.2, 0.25) is 0 Å². The number of nitrogen functional groups attached to an aromatic ring is 1. The van der Waals surface area contributed by atoms with Gasteiger partial charge >= 0.3 is 0 Å². The average Bonchev–Trinajstić information content (AvgIpc) is 2.52. The Labute approximate surface area is 145 Å². The molecule has 0 amide bonds. The fourth-order valence-electron chi connectivity index (χ4n) is 3.79. The number of anilines is 1. The van der Waals surface area contributed by atoms with Gasteiger partial charge in [-0.1, -0.05) is 46.4 Å². The summed E-state index contributed by atoms with van der Waals surface area (Å²) in [6.07, 6.45) is 4.26. The van der Waals surface area contributed by atoms with Crippen molar-refractivity contribution >= 4 is 11.4 Å². The van der Waals surface area contributed by atoms with E-state index >= 15 is 0 Å². The van der Waals surface area contributed by atoms with Crippen LogP contribution in [0.2, 0.25) is 0 Å². The maximum atomic E-state index is 5.71. The molecule has 0 fully saturated rings. The number of hydrogen-bond donors (Lipinski definition) is 1. The van der Waals surface area contributed by atoms with Crippen LogP contribution in [-0.4, -0.2) is 4.98 Å². The molecule has 1 aromatic heterocycles. The summed E-state index contributed by atoms with van der Waals surface area (Å²) in [5, 5.41) is 0. The highest BCUT2D eigenvalue weighted by atomic mass is 14.8. The molecule has 2 nitrogen and oxygen atoms in total. The van der Waals surface area contributed by atoms with Crippen molar-refractivity contribution in [1.29, 1.82) is 0 Å². The Morgan fingerprint density at radius 3 is 2.17 bits per heavy atom. The molecule has 0 saturated carbocycles. The van der Waals surface area contributed by atoms with Gasteiger partial charge in [0, 0.05) is 11.8 Å². The zero-order chi connectivity index (χ0) is 17.7. The lowest BCUT2D eigenvalue weighted by Gasteiger charge is -2.42. The molecule has 24 heavy (non-hydrogen) atoms. The zero-order valence-corrected chi connectivity index (χ0v) is 15.5. The van der Waals surface area contributed by atoms with E-state index in [0.29, 0.717) is 5.82 Å². The van der Waals surface area contributed by atoms with E-state index in [4.69, 9.17) is 5.73 Å². The largest absolute Gasteiger partial charge is 0.384 e. The van der Waals surface area contributed by atoms with E-state index in [1.807, 2.05) is 18.3 Å². The molecule has 0 unspecified atom stereocenters. The van der Waals surface area contributed by atoms with Gasteiger partial charge in [-0.2, -0.15) is 0 Å². The average molecular weight is 320 g/mol. The van der Waals surface area contributed by atoms with Crippen molar-refractivity contribution in [3.05, 3.63) is 64.9 Å². The summed E-state index contributed by atoms with van der Waals surface area (Å²) < 4.78 is 0. The van der Waals surface area contributed by atoms with Crippen LogP contribution in [0.15, 0.2) is 37.0 Å². The molecule has 0 bridgehead atoms. The Balaban J connectivity index is 2.14. The Bertz CT molecular complexity index is 795. The summed E-state index contributed by atoms with van der Waals surface area (Å²) >= 11 is 0. The first-order valence-electron chi connectivity index (χ1n) is 8.69. The number of fused-ring (bicyclic) bond motifs is 1. The molecule has 1 aliphatic rings. The van der Waals surface area contributed by atoms with Gasteiger partial charge in [-0.25, -0.2) is 4.98 Å². The van der Waals surface area contributed by atoms with Gasteiger partial charge in [-0.05, 0) is 70.6 Å². The minimum atomic E-state index is 0.201. The summed E-state index contributed by atoms with van der Waals surface area (Å²) in [6, 6.07) is 8.58. The first-order chi connectivity index (χ1) is 11.1. The minimum absolute atomic E-state index is 0.201. The van der Waals surface area contributed by atoms with Crippen LogP contribution in [0, 0.1) is 6.92 Å². The molecule has 126 valence electrons. The summed E-state index contributed by atoms with van der Waals surface area (Å²) in [6.45, 7) is 16.0. The topological polar surface area (TPSA) is 38.9 Å². The lowest BCUT2D eigenvalue weighted by molar-refractivity contribution is 0.331. The number of aryl methyl sites for hydroxylation is 1. The number of nitrogens with two attached hydrogens (primary N) is 1. The summed E-state index contributed by atoms with van der Waals surface area (Å²) in [5.41, 5.74) is 13.6. The Morgan fingerprint density at radius 1 is 1.04 bits per heavy atom. The van der Waals surface area contributed by atoms with Crippen LogP contribution >= 0.6 is 0 Å². The van der Waals surface area contributed by atoms with Crippen molar-refractivity contribution in [2.24, 2.45) is 0 Å². The Morgan fingerprint density at radius 2 is 1.62 bits per heavy atom. The second-order valence-electron chi connectivity index (χ2n) is 8.43. The zero-order valence-electron chi connectivity index (χ0n) is 15.5. The number of aromatic nitrogens is 1. The van der Waals surface area contributed by atoms with Crippen molar-refractivity contribution in [2.45, 2.75) is 58.3 Å². The van der Waals surface area contributed by atoms with Crippen molar-refractivity contribution in [3.8, 4) is 0 Å². The van der Waals surface area contributed by atoms with E-state index in [-0.39, 0.29) is 10.8 Å². The van der Waals surface area contributed by atoms with Crippen molar-refractivity contribution in [2.75, 3.05) is 5.73 Å². The molecule has 2 N–H and O–H groups in total. The molecule has 0 radical (unpaired) electrons. The van der Waals surface area contributed by atoms with Crippen molar-refractivity contribution in [3.63, 3.8) is 0 Å². The third-order valence-electron chi connectivity index (χ3n) is 5.66. The highest BCUT2D eigenvalue weighted by Crippen LogP contribution is 2.47. The number of rotatable bonds is 2. The molecule has 0 aliphatic heterocycles. The highest BCUT2D eigenvalue weighted by Gasteiger charge is 2.37.